The quantitative estimate of drug-likeness (QED) is 0.195. The van der Waals surface area contributed by atoms with Crippen molar-refractivity contribution in [3.8, 4) is 0 Å². The highest BCUT2D eigenvalue weighted by molar-refractivity contribution is 7.17. The third-order valence-corrected chi connectivity index (χ3v) is 7.97. The summed E-state index contributed by atoms with van der Waals surface area (Å²) in [7, 11) is 0. The van der Waals surface area contributed by atoms with Gasteiger partial charge in [-0.15, -0.1) is 0 Å². The van der Waals surface area contributed by atoms with Crippen LogP contribution < -0.4 is 15.5 Å². The van der Waals surface area contributed by atoms with Gasteiger partial charge < -0.3 is 20.3 Å². The molecule has 3 aromatic rings. The minimum atomic E-state index is -0.257. The Hall–Kier alpha value is -3.08. The van der Waals surface area contributed by atoms with Crippen molar-refractivity contribution in [3.63, 3.8) is 0 Å². The predicted molar refractivity (Wildman–Crippen MR) is 159 cm³/mol. The first-order valence-corrected chi connectivity index (χ1v) is 14.7. The Morgan fingerprint density at radius 3 is 2.62 bits per heavy atom. The van der Waals surface area contributed by atoms with Crippen molar-refractivity contribution in [3.05, 3.63) is 51.7 Å². The Bertz CT molecular complexity index is 1240. The van der Waals surface area contributed by atoms with Gasteiger partial charge in [0.2, 0.25) is 0 Å². The average molecular weight is 570 g/mol. The van der Waals surface area contributed by atoms with E-state index in [-0.39, 0.29) is 5.91 Å². The van der Waals surface area contributed by atoms with Crippen molar-refractivity contribution in [1.29, 1.82) is 0 Å². The van der Waals surface area contributed by atoms with Gasteiger partial charge in [-0.25, -0.2) is 15.0 Å². The van der Waals surface area contributed by atoms with Crippen molar-refractivity contribution < 1.29 is 9.59 Å². The van der Waals surface area contributed by atoms with Gasteiger partial charge in [-0.3, -0.25) is 9.69 Å². The maximum Gasteiger partial charge on any atom is 0.267 e. The number of benzene rings is 1. The van der Waals surface area contributed by atoms with Gasteiger partial charge >= 0.3 is 0 Å². The first-order chi connectivity index (χ1) is 18.9. The Morgan fingerprint density at radius 2 is 1.85 bits per heavy atom. The first-order valence-electron chi connectivity index (χ1n) is 13.5. The molecule has 4 rings (SSSR count). The summed E-state index contributed by atoms with van der Waals surface area (Å²) in [5, 5.41) is 7.21. The third-order valence-electron chi connectivity index (χ3n) is 6.74. The molecule has 0 aliphatic carbocycles. The van der Waals surface area contributed by atoms with E-state index in [1.165, 1.54) is 30.6 Å². The largest absolute Gasteiger partial charge is 0.354 e. The Morgan fingerprint density at radius 1 is 1.08 bits per heavy atom. The number of halogens is 1. The van der Waals surface area contributed by atoms with E-state index < -0.39 is 0 Å². The minimum absolute atomic E-state index is 0.257. The molecule has 3 heterocycles. The number of unbranched alkanes of at least 4 members (excludes halogenated alkanes) is 5. The topological polar surface area (TPSA) is 103 Å². The van der Waals surface area contributed by atoms with Crippen LogP contribution in [0, 0.1) is 13.8 Å². The van der Waals surface area contributed by atoms with E-state index in [0.29, 0.717) is 38.8 Å². The molecule has 1 amide bonds. The monoisotopic (exact) mass is 569 g/mol. The summed E-state index contributed by atoms with van der Waals surface area (Å²) in [6.45, 7) is 8.74. The molecule has 39 heavy (non-hydrogen) atoms. The van der Waals surface area contributed by atoms with Crippen LogP contribution >= 0.6 is 22.9 Å². The lowest BCUT2D eigenvalue weighted by molar-refractivity contribution is -0.107. The number of piperazine rings is 1. The Kier molecular flexibility index (Phi) is 10.6. The summed E-state index contributed by atoms with van der Waals surface area (Å²) in [4.78, 5) is 42.0. The van der Waals surface area contributed by atoms with Gasteiger partial charge in [0.1, 0.15) is 28.6 Å². The van der Waals surface area contributed by atoms with Gasteiger partial charge in [0.25, 0.3) is 5.91 Å². The molecular formula is C28H36ClN7O2S. The molecule has 0 bridgehead atoms. The number of nitrogens with one attached hydrogen (secondary N) is 2. The van der Waals surface area contributed by atoms with Crippen molar-refractivity contribution in [1.82, 2.24) is 19.9 Å². The van der Waals surface area contributed by atoms with Crippen LogP contribution in [0.25, 0.3) is 0 Å². The van der Waals surface area contributed by atoms with Crippen LogP contribution in [-0.4, -0.2) is 64.8 Å². The number of hydrogen-bond acceptors (Lipinski definition) is 9. The van der Waals surface area contributed by atoms with Gasteiger partial charge in [0, 0.05) is 38.7 Å². The third kappa shape index (κ3) is 8.45. The van der Waals surface area contributed by atoms with E-state index in [1.54, 1.807) is 12.3 Å². The number of thiazole rings is 1. The van der Waals surface area contributed by atoms with Gasteiger partial charge in [0.15, 0.2) is 5.13 Å². The predicted octanol–water partition coefficient (Wildman–Crippen LogP) is 5.86. The van der Waals surface area contributed by atoms with Gasteiger partial charge in [-0.1, -0.05) is 54.3 Å². The van der Waals surface area contributed by atoms with Crippen LogP contribution in [0.15, 0.2) is 30.5 Å². The maximum absolute atomic E-state index is 12.8. The number of anilines is 4. The molecule has 9 nitrogen and oxygen atoms in total. The van der Waals surface area contributed by atoms with Gasteiger partial charge in [-0.05, 0) is 44.9 Å². The van der Waals surface area contributed by atoms with Crippen LogP contribution in [0.1, 0.15) is 59.6 Å². The molecule has 208 valence electrons. The number of aryl methyl sites for hydroxylation is 2. The van der Waals surface area contributed by atoms with Gasteiger partial charge in [-0.2, -0.15) is 0 Å². The van der Waals surface area contributed by atoms with Crippen molar-refractivity contribution in [2.24, 2.45) is 0 Å². The number of para-hydroxylation sites is 1. The molecule has 2 aromatic heterocycles. The summed E-state index contributed by atoms with van der Waals surface area (Å²) in [5.74, 6) is 1.96. The molecule has 2 N–H and O–H groups in total. The number of hydrogen-bond donors (Lipinski definition) is 2. The smallest absolute Gasteiger partial charge is 0.267 e. The standard InChI is InChI=1S/C28H36ClN7O2S/c1-20-10-9-11-22(29)26(20)34-27(38)23-19-30-28(39-23)33-24-18-25(32-21(2)31-24)36-15-13-35(14-16-36)12-7-5-3-4-6-8-17-37/h9-11,17-19H,3-8,12-16H2,1-2H3,(H,34,38)(H,30,31,32,33). The normalized spacial score (nSPS) is 13.9. The van der Waals surface area contributed by atoms with E-state index >= 15 is 0 Å². The lowest BCUT2D eigenvalue weighted by Crippen LogP contribution is -2.47. The van der Waals surface area contributed by atoms with Crippen molar-refractivity contribution >= 4 is 57.6 Å². The fourth-order valence-corrected chi connectivity index (χ4v) is 5.57. The van der Waals surface area contributed by atoms with Crippen LogP contribution in [0.5, 0.6) is 0 Å². The highest BCUT2D eigenvalue weighted by Gasteiger charge is 2.19. The molecule has 1 aliphatic heterocycles. The van der Waals surface area contributed by atoms with Gasteiger partial charge in [0.05, 0.1) is 16.9 Å². The maximum atomic E-state index is 12.8. The summed E-state index contributed by atoms with van der Waals surface area (Å²) < 4.78 is 0. The SMILES string of the molecule is Cc1nc(Nc2ncc(C(=O)Nc3c(C)cccc3Cl)s2)cc(N2CCN(CCCCCCCC=O)CC2)n1. The van der Waals surface area contributed by atoms with Crippen LogP contribution in [-0.2, 0) is 4.79 Å². The molecule has 0 saturated carbocycles. The van der Waals surface area contributed by atoms with E-state index in [9.17, 15) is 9.59 Å². The molecular weight excluding hydrogens is 534 g/mol. The highest BCUT2D eigenvalue weighted by atomic mass is 35.5. The number of nitrogens with zero attached hydrogens (tertiary/aromatic N) is 5. The summed E-state index contributed by atoms with van der Waals surface area (Å²) in [5.41, 5.74) is 1.50. The Balaban J connectivity index is 1.28. The summed E-state index contributed by atoms with van der Waals surface area (Å²) >= 11 is 7.51. The lowest BCUT2D eigenvalue weighted by atomic mass is 10.1. The number of amides is 1. The summed E-state index contributed by atoms with van der Waals surface area (Å²) in [6.07, 6.45) is 9.04. The number of aromatic nitrogens is 3. The fourth-order valence-electron chi connectivity index (χ4n) is 4.58. The Labute approximate surface area is 239 Å². The van der Waals surface area contributed by atoms with Crippen LogP contribution in [0.2, 0.25) is 5.02 Å². The molecule has 0 unspecified atom stereocenters. The number of rotatable bonds is 13. The zero-order chi connectivity index (χ0) is 27.6. The number of aldehydes is 1. The molecule has 1 aliphatic rings. The second kappa shape index (κ2) is 14.3. The van der Waals surface area contributed by atoms with E-state index in [1.807, 2.05) is 32.0 Å². The first kappa shape index (κ1) is 28.9. The van der Waals surface area contributed by atoms with Crippen LogP contribution in [0.3, 0.4) is 0 Å². The molecule has 0 spiro atoms. The molecule has 1 saturated heterocycles. The zero-order valence-corrected chi connectivity index (χ0v) is 24.2. The molecule has 11 heteroatoms. The van der Waals surface area contributed by atoms with Crippen LogP contribution in [0.4, 0.5) is 22.5 Å². The molecule has 0 atom stereocenters. The molecule has 1 fully saturated rings. The highest BCUT2D eigenvalue weighted by Crippen LogP contribution is 2.28. The molecule has 1 aromatic carbocycles. The lowest BCUT2D eigenvalue weighted by Gasteiger charge is -2.35. The second-order valence-electron chi connectivity index (χ2n) is 9.75. The van der Waals surface area contributed by atoms with E-state index in [2.05, 4.69) is 35.4 Å². The van der Waals surface area contributed by atoms with Crippen molar-refractivity contribution in [2.45, 2.75) is 52.4 Å². The van der Waals surface area contributed by atoms with Crippen molar-refractivity contribution in [2.75, 3.05) is 48.3 Å². The molecule has 0 radical (unpaired) electrons. The number of carbonyl (C=O) groups excluding carboxylic acids is 2. The van der Waals surface area contributed by atoms with E-state index in [4.69, 9.17) is 11.6 Å². The average Bonchev–Trinajstić information content (AvgIpc) is 3.39. The van der Waals surface area contributed by atoms with E-state index in [0.717, 1.165) is 63.2 Å². The summed E-state index contributed by atoms with van der Waals surface area (Å²) in [6, 6.07) is 7.44. The fraction of sp³-hybridized carbons (Fsp3) is 0.464. The second-order valence-corrected chi connectivity index (χ2v) is 11.2. The minimum Gasteiger partial charge on any atom is -0.354 e. The number of carbonyl (C=O) groups is 2. The zero-order valence-electron chi connectivity index (χ0n) is 22.6.